The van der Waals surface area contributed by atoms with E-state index in [2.05, 4.69) is 5.32 Å². The summed E-state index contributed by atoms with van der Waals surface area (Å²) in [6.45, 7) is 0. The predicted octanol–water partition coefficient (Wildman–Crippen LogP) is 9.11. The third-order valence-corrected chi connectivity index (χ3v) is 7.12. The van der Waals surface area contributed by atoms with Crippen molar-refractivity contribution in [1.29, 1.82) is 5.26 Å². The highest BCUT2D eigenvalue weighted by atomic mass is 35.5. The van der Waals surface area contributed by atoms with Crippen LogP contribution in [-0.4, -0.2) is 18.0 Å². The van der Waals surface area contributed by atoms with Crippen LogP contribution in [0.5, 0.6) is 0 Å². The van der Waals surface area contributed by atoms with Crippen LogP contribution in [-0.2, 0) is 5.67 Å². The van der Waals surface area contributed by atoms with Crippen molar-refractivity contribution >= 4 is 58.2 Å². The third-order valence-electron chi connectivity index (χ3n) is 6.23. The predicted molar refractivity (Wildman–Crippen MR) is 149 cm³/mol. The first-order chi connectivity index (χ1) is 20.6. The van der Waals surface area contributed by atoms with Crippen molar-refractivity contribution in [3.8, 4) is 6.07 Å². The maximum Gasteiger partial charge on any atom is 0.431 e. The van der Waals surface area contributed by atoms with E-state index in [-0.39, 0.29) is 28.4 Å². The van der Waals surface area contributed by atoms with Crippen molar-refractivity contribution in [2.45, 2.75) is 11.8 Å². The lowest BCUT2D eigenvalue weighted by Gasteiger charge is -2.29. The molecule has 0 saturated heterocycles. The van der Waals surface area contributed by atoms with Crippen LogP contribution in [0.2, 0.25) is 10.0 Å². The van der Waals surface area contributed by atoms with Gasteiger partial charge in [0.2, 0.25) is 0 Å². The molecule has 0 fully saturated rings. The van der Waals surface area contributed by atoms with E-state index in [0.717, 1.165) is 48.5 Å². The molecule has 226 valence electrons. The summed E-state index contributed by atoms with van der Waals surface area (Å²) < 4.78 is 99.5. The zero-order valence-corrected chi connectivity index (χ0v) is 23.7. The van der Waals surface area contributed by atoms with Crippen molar-refractivity contribution in [2.75, 3.05) is 9.74 Å². The second-order valence-corrected chi connectivity index (χ2v) is 10.2. The molecule has 0 heterocycles. The molecule has 2 amide bonds. The summed E-state index contributed by atoms with van der Waals surface area (Å²) in [5.41, 5.74) is -8.33. The number of nitriles is 1. The molecule has 0 aromatic heterocycles. The molecule has 4 aromatic rings. The molecule has 1 atom stereocenters. The summed E-state index contributed by atoms with van der Waals surface area (Å²) in [6, 6.07) is 11.4. The Balaban J connectivity index is 1.67. The van der Waals surface area contributed by atoms with Crippen molar-refractivity contribution < 1.29 is 40.3 Å². The first-order valence-electron chi connectivity index (χ1n) is 11.9. The monoisotopic (exact) mass is 673 g/mol. The van der Waals surface area contributed by atoms with E-state index in [4.69, 9.17) is 35.0 Å². The zero-order valence-electron chi connectivity index (χ0n) is 21.4. The minimum absolute atomic E-state index is 0.0677. The Morgan fingerprint density at radius 2 is 1.41 bits per heavy atom. The number of benzene rings is 4. The highest BCUT2D eigenvalue weighted by Crippen LogP contribution is 2.49. The van der Waals surface area contributed by atoms with Crippen LogP contribution in [0.4, 0.5) is 42.1 Å². The van der Waals surface area contributed by atoms with Crippen LogP contribution in [0, 0.1) is 28.8 Å². The standard InChI is InChI=1S/C29H13Cl3F7N3O2/c30-17-5-2-15(3-6-17)28(36,29(37,38)39)16-4-8-24(21(31)9-16)42(32)27(44)20-12-19(7-1-14(20)13-40)41-26(43)25-22(34)10-18(33)11-23(25)35/h1-12H,(H,41,43). The van der Waals surface area contributed by atoms with Crippen LogP contribution in [0.3, 0.4) is 0 Å². The molecule has 1 N–H and O–H groups in total. The first kappa shape index (κ1) is 32.6. The number of nitrogens with one attached hydrogen (secondary N) is 1. The lowest BCUT2D eigenvalue weighted by atomic mass is 9.87. The molecule has 0 radical (unpaired) electrons. The number of hydrogen-bond acceptors (Lipinski definition) is 3. The Bertz CT molecular complexity index is 1810. The molecule has 0 aliphatic carbocycles. The second-order valence-electron chi connectivity index (χ2n) is 8.99. The van der Waals surface area contributed by atoms with E-state index in [9.17, 15) is 41.2 Å². The van der Waals surface area contributed by atoms with Crippen LogP contribution >= 0.6 is 35.0 Å². The van der Waals surface area contributed by atoms with Crippen molar-refractivity contribution in [3.05, 3.63) is 128 Å². The van der Waals surface area contributed by atoms with Gasteiger partial charge in [0, 0.05) is 45.7 Å². The third kappa shape index (κ3) is 6.17. The Morgan fingerprint density at radius 1 is 0.818 bits per heavy atom. The number of carbonyl (C=O) groups excluding carboxylic acids is 2. The van der Waals surface area contributed by atoms with Gasteiger partial charge >= 0.3 is 6.18 Å². The van der Waals surface area contributed by atoms with Gasteiger partial charge in [-0.15, -0.1) is 0 Å². The fraction of sp³-hybridized carbons (Fsp3) is 0.0690. The van der Waals surface area contributed by atoms with Gasteiger partial charge in [-0.05, 0) is 42.5 Å². The minimum Gasteiger partial charge on any atom is -0.322 e. The summed E-state index contributed by atoms with van der Waals surface area (Å²) in [6.07, 6.45) is -5.45. The molecule has 0 aliphatic rings. The molecule has 0 aliphatic heterocycles. The van der Waals surface area contributed by atoms with Gasteiger partial charge in [0.15, 0.2) is 0 Å². The van der Waals surface area contributed by atoms with Gasteiger partial charge in [-0.3, -0.25) is 9.59 Å². The highest BCUT2D eigenvalue weighted by Gasteiger charge is 2.58. The first-order valence-corrected chi connectivity index (χ1v) is 13.0. The average molecular weight is 675 g/mol. The Kier molecular flexibility index (Phi) is 9.16. The molecule has 4 aromatic carbocycles. The van der Waals surface area contributed by atoms with Crippen LogP contribution in [0.1, 0.15) is 37.4 Å². The number of hydrogen-bond donors (Lipinski definition) is 1. The Hall–Kier alpha value is -4.31. The average Bonchev–Trinajstić information content (AvgIpc) is 2.95. The van der Waals surface area contributed by atoms with E-state index in [0.29, 0.717) is 16.6 Å². The lowest BCUT2D eigenvalue weighted by molar-refractivity contribution is -0.219. The van der Waals surface area contributed by atoms with Gasteiger partial charge in [0.25, 0.3) is 17.5 Å². The van der Waals surface area contributed by atoms with Gasteiger partial charge in [0.1, 0.15) is 23.0 Å². The number of alkyl halides is 4. The molecular weight excluding hydrogens is 662 g/mol. The molecule has 0 bridgehead atoms. The Morgan fingerprint density at radius 3 is 1.95 bits per heavy atom. The molecule has 1 unspecified atom stereocenters. The molecule has 0 saturated carbocycles. The molecule has 0 spiro atoms. The summed E-state index contributed by atoms with van der Waals surface area (Å²) in [5, 5.41) is 11.1. The number of amides is 2. The van der Waals surface area contributed by atoms with Crippen LogP contribution in [0.25, 0.3) is 0 Å². The van der Waals surface area contributed by atoms with Crippen molar-refractivity contribution in [1.82, 2.24) is 0 Å². The summed E-state index contributed by atoms with van der Waals surface area (Å²) in [5.74, 6) is -6.81. The van der Waals surface area contributed by atoms with Gasteiger partial charge < -0.3 is 5.32 Å². The lowest BCUT2D eigenvalue weighted by Crippen LogP contribution is -2.39. The van der Waals surface area contributed by atoms with Crippen molar-refractivity contribution in [3.63, 3.8) is 0 Å². The number of carbonyl (C=O) groups is 2. The second kappa shape index (κ2) is 12.4. The molecule has 5 nitrogen and oxygen atoms in total. The van der Waals surface area contributed by atoms with E-state index < -0.39 is 74.1 Å². The van der Waals surface area contributed by atoms with E-state index >= 15 is 4.39 Å². The van der Waals surface area contributed by atoms with E-state index in [1.54, 1.807) is 6.07 Å². The van der Waals surface area contributed by atoms with E-state index in [1.165, 1.54) is 0 Å². The number of halogens is 10. The smallest absolute Gasteiger partial charge is 0.322 e. The van der Waals surface area contributed by atoms with Crippen molar-refractivity contribution in [2.24, 2.45) is 0 Å². The number of anilines is 2. The summed E-state index contributed by atoms with van der Waals surface area (Å²) >= 11 is 18.0. The fourth-order valence-corrected chi connectivity index (χ4v) is 4.79. The molecule has 4 rings (SSSR count). The van der Waals surface area contributed by atoms with Gasteiger partial charge in [0.05, 0.1) is 27.9 Å². The highest BCUT2D eigenvalue weighted by molar-refractivity contribution is 6.43. The van der Waals surface area contributed by atoms with Gasteiger partial charge in [-0.2, -0.15) is 18.4 Å². The topological polar surface area (TPSA) is 73.2 Å². The normalized spacial score (nSPS) is 12.7. The minimum atomic E-state index is -5.45. The summed E-state index contributed by atoms with van der Waals surface area (Å²) in [7, 11) is 0. The molecular formula is C29H13Cl3F7N3O2. The number of nitrogens with zero attached hydrogens (tertiary/aromatic N) is 2. The summed E-state index contributed by atoms with van der Waals surface area (Å²) in [4.78, 5) is 25.7. The number of rotatable bonds is 6. The molecule has 44 heavy (non-hydrogen) atoms. The van der Waals surface area contributed by atoms with Crippen LogP contribution in [0.15, 0.2) is 72.8 Å². The maximum absolute atomic E-state index is 15.8. The fourth-order valence-electron chi connectivity index (χ4n) is 4.12. The SMILES string of the molecule is N#Cc1ccc(NC(=O)c2c(F)cc(F)cc2F)cc1C(=O)N(Cl)c1ccc(C(F)(c2ccc(Cl)cc2)C(F)(F)F)cc1Cl. The maximum atomic E-state index is 15.8. The van der Waals surface area contributed by atoms with E-state index in [1.807, 2.05) is 0 Å². The largest absolute Gasteiger partial charge is 0.431 e. The zero-order chi connectivity index (χ0) is 32.6. The van der Waals surface area contributed by atoms with Gasteiger partial charge in [-0.1, -0.05) is 41.4 Å². The van der Waals surface area contributed by atoms with Gasteiger partial charge in [-0.25, -0.2) is 22.0 Å². The quantitative estimate of drug-likeness (QED) is 0.164. The Labute approximate surface area is 259 Å². The van der Waals surface area contributed by atoms with Crippen LogP contribution < -0.4 is 9.74 Å². The molecule has 15 heteroatoms.